The Kier molecular flexibility index (Phi) is 4.33. The average molecular weight is 223 g/mol. The lowest BCUT2D eigenvalue weighted by atomic mass is 9.91. The van der Waals surface area contributed by atoms with E-state index in [0.717, 1.165) is 12.0 Å². The molecule has 0 radical (unpaired) electrons. The molecule has 0 fully saturated rings. The highest BCUT2D eigenvalue weighted by atomic mass is 16.3. The van der Waals surface area contributed by atoms with E-state index in [1.165, 1.54) is 0 Å². The molecule has 2 atom stereocenters. The van der Waals surface area contributed by atoms with Gasteiger partial charge in [0.15, 0.2) is 0 Å². The topological polar surface area (TPSA) is 52.5 Å². The standard InChI is InChI=1S/C13H21NO2/c1-4-10(2)14-13(3,9-15)11-5-7-12(16)8-6-11/h5-8,10,14-16H,4,9H2,1-3H3. The van der Waals surface area contributed by atoms with Gasteiger partial charge in [-0.25, -0.2) is 0 Å². The van der Waals surface area contributed by atoms with Gasteiger partial charge in [-0.3, -0.25) is 0 Å². The third-order valence-corrected chi connectivity index (χ3v) is 3.00. The monoisotopic (exact) mass is 223 g/mol. The molecule has 1 rings (SSSR count). The highest BCUT2D eigenvalue weighted by molar-refractivity contribution is 5.30. The molecule has 3 nitrogen and oxygen atoms in total. The summed E-state index contributed by atoms with van der Waals surface area (Å²) >= 11 is 0. The van der Waals surface area contributed by atoms with Crippen LogP contribution in [0.1, 0.15) is 32.8 Å². The summed E-state index contributed by atoms with van der Waals surface area (Å²) in [5.41, 5.74) is 0.524. The van der Waals surface area contributed by atoms with Crippen LogP contribution >= 0.6 is 0 Å². The highest BCUT2D eigenvalue weighted by Gasteiger charge is 2.26. The lowest BCUT2D eigenvalue weighted by Gasteiger charge is -2.32. The minimum atomic E-state index is -0.455. The summed E-state index contributed by atoms with van der Waals surface area (Å²) in [7, 11) is 0. The van der Waals surface area contributed by atoms with E-state index in [1.54, 1.807) is 12.1 Å². The number of hydrogen-bond acceptors (Lipinski definition) is 3. The molecule has 16 heavy (non-hydrogen) atoms. The van der Waals surface area contributed by atoms with Gasteiger partial charge in [-0.1, -0.05) is 19.1 Å². The van der Waals surface area contributed by atoms with Crippen LogP contribution in [0.15, 0.2) is 24.3 Å². The van der Waals surface area contributed by atoms with Crippen molar-refractivity contribution in [3.8, 4) is 5.75 Å². The summed E-state index contributed by atoms with van der Waals surface area (Å²) < 4.78 is 0. The van der Waals surface area contributed by atoms with Crippen molar-refractivity contribution in [1.29, 1.82) is 0 Å². The molecule has 0 heterocycles. The molecule has 0 aliphatic heterocycles. The van der Waals surface area contributed by atoms with Gasteiger partial charge in [0, 0.05) is 6.04 Å². The van der Waals surface area contributed by atoms with Crippen molar-refractivity contribution in [3.63, 3.8) is 0 Å². The van der Waals surface area contributed by atoms with Gasteiger partial charge in [0.1, 0.15) is 5.75 Å². The minimum absolute atomic E-state index is 0.0299. The second kappa shape index (κ2) is 5.32. The molecule has 0 aromatic heterocycles. The van der Waals surface area contributed by atoms with E-state index >= 15 is 0 Å². The maximum atomic E-state index is 9.53. The number of nitrogens with one attached hydrogen (secondary N) is 1. The van der Waals surface area contributed by atoms with Crippen molar-refractivity contribution in [1.82, 2.24) is 5.32 Å². The fraction of sp³-hybridized carbons (Fsp3) is 0.538. The first-order valence-electron chi connectivity index (χ1n) is 5.70. The van der Waals surface area contributed by atoms with Crippen molar-refractivity contribution in [2.75, 3.05) is 6.61 Å². The third-order valence-electron chi connectivity index (χ3n) is 3.00. The summed E-state index contributed by atoms with van der Waals surface area (Å²) in [5, 5.41) is 22.2. The number of benzene rings is 1. The number of aromatic hydroxyl groups is 1. The first kappa shape index (κ1) is 13.0. The van der Waals surface area contributed by atoms with Gasteiger partial charge in [-0.05, 0) is 38.0 Å². The molecule has 0 saturated heterocycles. The molecule has 1 aromatic carbocycles. The van der Waals surface area contributed by atoms with Crippen molar-refractivity contribution in [2.45, 2.75) is 38.8 Å². The summed E-state index contributed by atoms with van der Waals surface area (Å²) in [5.74, 6) is 0.243. The van der Waals surface area contributed by atoms with Gasteiger partial charge in [0.25, 0.3) is 0 Å². The number of phenolic OH excluding ortho intramolecular Hbond substituents is 1. The van der Waals surface area contributed by atoms with E-state index in [2.05, 4.69) is 19.2 Å². The highest BCUT2D eigenvalue weighted by Crippen LogP contribution is 2.23. The largest absolute Gasteiger partial charge is 0.508 e. The maximum Gasteiger partial charge on any atom is 0.115 e. The molecule has 1 aromatic rings. The Labute approximate surface area is 97.1 Å². The van der Waals surface area contributed by atoms with Crippen LogP contribution in [-0.2, 0) is 5.54 Å². The van der Waals surface area contributed by atoms with Crippen LogP contribution < -0.4 is 5.32 Å². The second-order valence-electron chi connectivity index (χ2n) is 4.49. The Hall–Kier alpha value is -1.06. The van der Waals surface area contributed by atoms with Gasteiger partial charge >= 0.3 is 0 Å². The van der Waals surface area contributed by atoms with Crippen LogP contribution in [0.25, 0.3) is 0 Å². The minimum Gasteiger partial charge on any atom is -0.508 e. The van der Waals surface area contributed by atoms with Crippen LogP contribution in [0.4, 0.5) is 0 Å². The summed E-state index contributed by atoms with van der Waals surface area (Å²) in [6, 6.07) is 7.29. The number of aliphatic hydroxyl groups is 1. The zero-order valence-electron chi connectivity index (χ0n) is 10.2. The van der Waals surface area contributed by atoms with Gasteiger partial charge in [0.2, 0.25) is 0 Å². The molecular formula is C13H21NO2. The molecule has 0 saturated carbocycles. The second-order valence-corrected chi connectivity index (χ2v) is 4.49. The summed E-state index contributed by atoms with van der Waals surface area (Å²) in [4.78, 5) is 0. The number of rotatable bonds is 5. The first-order chi connectivity index (χ1) is 7.51. The Balaban J connectivity index is 2.90. The van der Waals surface area contributed by atoms with Gasteiger partial charge in [0.05, 0.1) is 12.1 Å². The molecule has 0 aliphatic carbocycles. The van der Waals surface area contributed by atoms with E-state index in [-0.39, 0.29) is 12.4 Å². The lowest BCUT2D eigenvalue weighted by Crippen LogP contribution is -2.47. The van der Waals surface area contributed by atoms with E-state index in [4.69, 9.17) is 0 Å². The molecule has 0 amide bonds. The maximum absolute atomic E-state index is 9.53. The molecular weight excluding hydrogens is 202 g/mol. The molecule has 2 unspecified atom stereocenters. The van der Waals surface area contributed by atoms with E-state index in [0.29, 0.717) is 6.04 Å². The van der Waals surface area contributed by atoms with Crippen LogP contribution in [0.3, 0.4) is 0 Å². The average Bonchev–Trinajstić information content (AvgIpc) is 2.29. The number of hydrogen-bond donors (Lipinski definition) is 3. The molecule has 0 bridgehead atoms. The molecule has 3 N–H and O–H groups in total. The van der Waals surface area contributed by atoms with Gasteiger partial charge in [-0.2, -0.15) is 0 Å². The lowest BCUT2D eigenvalue weighted by molar-refractivity contribution is 0.162. The molecule has 90 valence electrons. The normalized spacial score (nSPS) is 16.8. The van der Waals surface area contributed by atoms with Gasteiger partial charge < -0.3 is 15.5 Å². The summed E-state index contributed by atoms with van der Waals surface area (Å²) in [6.45, 7) is 6.19. The van der Waals surface area contributed by atoms with Crippen LogP contribution in [0.5, 0.6) is 5.75 Å². The smallest absolute Gasteiger partial charge is 0.115 e. The number of phenols is 1. The SMILES string of the molecule is CCC(C)NC(C)(CO)c1ccc(O)cc1. The van der Waals surface area contributed by atoms with Gasteiger partial charge in [-0.15, -0.1) is 0 Å². The molecule has 0 spiro atoms. The zero-order valence-corrected chi connectivity index (χ0v) is 10.2. The predicted molar refractivity (Wildman–Crippen MR) is 65.4 cm³/mol. The Morgan fingerprint density at radius 2 is 1.88 bits per heavy atom. The Morgan fingerprint density at radius 1 is 1.31 bits per heavy atom. The fourth-order valence-corrected chi connectivity index (χ4v) is 1.70. The molecule has 0 aliphatic rings. The van der Waals surface area contributed by atoms with Crippen LogP contribution in [0.2, 0.25) is 0 Å². The van der Waals surface area contributed by atoms with Crippen LogP contribution in [-0.4, -0.2) is 22.9 Å². The van der Waals surface area contributed by atoms with E-state index in [1.807, 2.05) is 19.1 Å². The Morgan fingerprint density at radius 3 is 2.31 bits per heavy atom. The van der Waals surface area contributed by atoms with Crippen molar-refractivity contribution in [2.24, 2.45) is 0 Å². The van der Waals surface area contributed by atoms with Crippen LogP contribution in [0, 0.1) is 0 Å². The zero-order chi connectivity index (χ0) is 12.2. The predicted octanol–water partition coefficient (Wildman–Crippen LogP) is 1.99. The van der Waals surface area contributed by atoms with Crippen molar-refractivity contribution < 1.29 is 10.2 Å². The summed E-state index contributed by atoms with van der Waals surface area (Å²) in [6.07, 6.45) is 1.01. The molecule has 3 heteroatoms. The Bertz CT molecular complexity index is 323. The van der Waals surface area contributed by atoms with Crippen molar-refractivity contribution >= 4 is 0 Å². The van der Waals surface area contributed by atoms with E-state index < -0.39 is 5.54 Å². The quantitative estimate of drug-likeness (QED) is 0.715. The third kappa shape index (κ3) is 2.97. The van der Waals surface area contributed by atoms with Crippen molar-refractivity contribution in [3.05, 3.63) is 29.8 Å². The number of aliphatic hydroxyl groups excluding tert-OH is 1. The first-order valence-corrected chi connectivity index (χ1v) is 5.70. The van der Waals surface area contributed by atoms with E-state index in [9.17, 15) is 10.2 Å². The fourth-order valence-electron chi connectivity index (χ4n) is 1.70.